The molecule has 2 saturated carbocycles. The summed E-state index contributed by atoms with van der Waals surface area (Å²) >= 11 is 0. The second-order valence-electron chi connectivity index (χ2n) is 18.8. The van der Waals surface area contributed by atoms with E-state index in [9.17, 15) is 62.7 Å². The Kier molecular flexibility index (Phi) is 18.5. The SMILES string of the molecule is CC(C)(COP(=O)(O)OP(=O)(O)OCC1OC(n2cnc3c(N)ncnc32)C(O)C1OP(=O)(O)O)C(O)C(=O)NCCC(=O)NCCC(=O)C1(CCCCc2cccc(CCCC3(OC=O)CC3)c2)CC1. The summed E-state index contributed by atoms with van der Waals surface area (Å²) in [6.45, 7) is 0.928. The first-order valence-electron chi connectivity index (χ1n) is 23.0. The third-order valence-electron chi connectivity index (χ3n) is 12.8. The lowest BCUT2D eigenvalue weighted by Gasteiger charge is -2.30. The number of anilines is 1. The van der Waals surface area contributed by atoms with E-state index in [1.807, 2.05) is 0 Å². The van der Waals surface area contributed by atoms with Crippen LogP contribution >= 0.6 is 23.5 Å². The molecule has 6 rings (SSSR count). The van der Waals surface area contributed by atoms with Crippen molar-refractivity contribution in [2.75, 3.05) is 32.0 Å². The van der Waals surface area contributed by atoms with Crippen LogP contribution in [0.25, 0.3) is 11.2 Å². The third-order valence-corrected chi connectivity index (χ3v) is 15.9. The Morgan fingerprint density at radius 3 is 2.28 bits per heavy atom. The van der Waals surface area contributed by atoms with Gasteiger partial charge in [-0.3, -0.25) is 37.3 Å². The lowest BCUT2D eigenvalue weighted by Crippen LogP contribution is -2.46. The number of amides is 2. The molecule has 2 amide bonds. The number of carbonyl (C=O) groups is 4. The van der Waals surface area contributed by atoms with E-state index >= 15 is 0 Å². The van der Waals surface area contributed by atoms with Crippen LogP contribution in [0.15, 0.2) is 36.9 Å². The van der Waals surface area contributed by atoms with E-state index in [0.29, 0.717) is 6.47 Å². The number of nitrogens with two attached hydrogens (primary N) is 1. The molecule has 0 bridgehead atoms. The predicted octanol–water partition coefficient (Wildman–Crippen LogP) is 2.59. The van der Waals surface area contributed by atoms with Crippen LogP contribution in [0.3, 0.4) is 0 Å². The van der Waals surface area contributed by atoms with Crippen LogP contribution in [0.4, 0.5) is 5.82 Å². The molecule has 7 unspecified atom stereocenters. The number of hydrogen-bond donors (Lipinski definition) is 9. The van der Waals surface area contributed by atoms with Crippen molar-refractivity contribution in [3.63, 3.8) is 0 Å². The molecule has 1 aliphatic heterocycles. The zero-order chi connectivity index (χ0) is 51.8. The number of rotatable bonds is 31. The van der Waals surface area contributed by atoms with E-state index in [1.165, 1.54) is 25.0 Å². The zero-order valence-corrected chi connectivity index (χ0v) is 41.8. The van der Waals surface area contributed by atoms with Crippen LogP contribution in [0.1, 0.15) is 102 Å². The number of aliphatic hydroxyl groups excluding tert-OH is 2. The van der Waals surface area contributed by atoms with E-state index in [2.05, 4.69) is 58.7 Å². The number of aryl methyl sites for hydroxylation is 2. The maximum atomic E-state index is 13.1. The highest BCUT2D eigenvalue weighted by Crippen LogP contribution is 2.61. The predicted molar refractivity (Wildman–Crippen MR) is 247 cm³/mol. The number of fused-ring (bicyclic) bond motifs is 1. The fraction of sp³-hybridized carbons (Fsp3) is 0.643. The fourth-order valence-corrected chi connectivity index (χ4v) is 11.2. The van der Waals surface area contributed by atoms with Crippen molar-refractivity contribution in [3.05, 3.63) is 48.0 Å². The maximum Gasteiger partial charge on any atom is 0.481 e. The van der Waals surface area contributed by atoms with Gasteiger partial charge in [0.25, 0.3) is 6.47 Å². The third kappa shape index (κ3) is 15.9. The summed E-state index contributed by atoms with van der Waals surface area (Å²) in [7, 11) is -16.5. The Morgan fingerprint density at radius 1 is 0.944 bits per heavy atom. The summed E-state index contributed by atoms with van der Waals surface area (Å²) in [6.07, 6.45) is 2.90. The first-order chi connectivity index (χ1) is 33.4. The minimum atomic E-state index is -5.59. The molecule has 3 fully saturated rings. The van der Waals surface area contributed by atoms with Gasteiger partial charge in [-0.25, -0.2) is 28.6 Å². The Labute approximate surface area is 408 Å². The molecule has 0 radical (unpaired) electrons. The van der Waals surface area contributed by atoms with Crippen LogP contribution in [0.2, 0.25) is 0 Å². The number of imidazole rings is 1. The summed E-state index contributed by atoms with van der Waals surface area (Å²) in [5.41, 5.74) is 6.15. The minimum Gasteiger partial charge on any atom is -0.461 e. The van der Waals surface area contributed by atoms with Crippen molar-refractivity contribution in [1.29, 1.82) is 0 Å². The Balaban J connectivity index is 0.859. The molecule has 3 heterocycles. The number of phosphoric acid groups is 3. The molecule has 1 aromatic carbocycles. The fourth-order valence-electron chi connectivity index (χ4n) is 8.36. The number of nitrogens with one attached hydrogen (secondary N) is 2. The van der Waals surface area contributed by atoms with Crippen molar-refractivity contribution in [3.8, 4) is 0 Å². The molecule has 1 saturated heterocycles. The van der Waals surface area contributed by atoms with Gasteiger partial charge in [0.1, 0.15) is 47.6 Å². The highest BCUT2D eigenvalue weighted by atomic mass is 31.3. The lowest BCUT2D eigenvalue weighted by atomic mass is 9.87. The van der Waals surface area contributed by atoms with Crippen molar-refractivity contribution >= 4 is 64.5 Å². The Morgan fingerprint density at radius 2 is 1.62 bits per heavy atom. The number of unbranched alkanes of at least 4 members (excludes halogenated alkanes) is 1. The smallest absolute Gasteiger partial charge is 0.461 e. The van der Waals surface area contributed by atoms with Crippen molar-refractivity contribution in [1.82, 2.24) is 30.2 Å². The van der Waals surface area contributed by atoms with Crippen molar-refractivity contribution in [2.24, 2.45) is 10.8 Å². The monoisotopic (exact) mass is 1060 g/mol. The van der Waals surface area contributed by atoms with Crippen molar-refractivity contribution in [2.45, 2.75) is 134 Å². The molecule has 26 nitrogen and oxygen atoms in total. The molecule has 10 N–H and O–H groups in total. The van der Waals surface area contributed by atoms with Gasteiger partial charge in [-0.1, -0.05) is 44.5 Å². The number of ketones is 1. The number of hydrogen-bond acceptors (Lipinski definition) is 19. The van der Waals surface area contributed by atoms with Gasteiger partial charge in [-0.2, -0.15) is 4.31 Å². The number of phosphoric ester groups is 3. The van der Waals surface area contributed by atoms with Crippen LogP contribution in [-0.4, -0.2) is 130 Å². The van der Waals surface area contributed by atoms with Gasteiger partial charge in [0.05, 0.1) is 19.5 Å². The van der Waals surface area contributed by atoms with Crippen LogP contribution in [0, 0.1) is 10.8 Å². The summed E-state index contributed by atoms with van der Waals surface area (Å²) in [6, 6.07) is 8.50. The van der Waals surface area contributed by atoms with E-state index < -0.39 is 84.6 Å². The average Bonchev–Trinajstić information content (AvgIpc) is 4.19. The van der Waals surface area contributed by atoms with E-state index in [4.69, 9.17) is 24.3 Å². The summed E-state index contributed by atoms with van der Waals surface area (Å²) < 4.78 is 67.9. The summed E-state index contributed by atoms with van der Waals surface area (Å²) in [4.78, 5) is 100. The van der Waals surface area contributed by atoms with Gasteiger partial charge >= 0.3 is 23.5 Å². The van der Waals surface area contributed by atoms with Gasteiger partial charge in [0, 0.05) is 36.8 Å². The highest BCUT2D eigenvalue weighted by molar-refractivity contribution is 7.61. The molecule has 394 valence electrons. The Bertz CT molecular complexity index is 2520. The number of Topliss-reactive ketones (excluding diaryl/α,β-unsaturated/α-hetero) is 1. The second-order valence-corrected chi connectivity index (χ2v) is 23.0. The molecule has 29 heteroatoms. The van der Waals surface area contributed by atoms with Gasteiger partial charge < -0.3 is 55.6 Å². The summed E-state index contributed by atoms with van der Waals surface area (Å²) in [5, 5.41) is 26.7. The average molecular weight is 1060 g/mol. The highest BCUT2D eigenvalue weighted by Gasteiger charge is 2.51. The van der Waals surface area contributed by atoms with Gasteiger partial charge in [-0.05, 0) is 75.3 Å². The standard InChI is InChI=1S/C42H62N7O19P3/c1-40(2,23-65-71(61,62)68-70(59,60)64-22-29-34(67-69(56,57)58)33(53)39(66-29)49-25-48-32-36(43)46-24-47-37(32)49)35(54)38(55)45-20-12-31(52)44-19-11-30(51)41(15-16-41)13-4-3-7-27-8-5-9-28(21-27)10-6-14-42(17-18-42)63-26-50/h5,8-9,21,24-26,29,33-35,39,53-54H,3-4,6-7,10-20,22-23H2,1-2H3,(H,44,52)(H,45,55)(H,59,60)(H,61,62)(H2,43,46,47)(H2,56,57,58). The van der Waals surface area contributed by atoms with E-state index in [1.54, 1.807) is 0 Å². The second kappa shape index (κ2) is 23.4. The number of nitrogens with zero attached hydrogens (tertiary/aromatic N) is 4. The molecule has 2 aliphatic carbocycles. The lowest BCUT2D eigenvalue weighted by molar-refractivity contribution is -0.137. The van der Waals surface area contributed by atoms with Crippen LogP contribution in [0.5, 0.6) is 0 Å². The van der Waals surface area contributed by atoms with Gasteiger partial charge in [0.2, 0.25) is 11.8 Å². The molecule has 3 aliphatic rings. The number of aliphatic hydroxyl groups is 2. The number of nitrogen functional groups attached to an aromatic ring is 1. The van der Waals surface area contributed by atoms with Crippen molar-refractivity contribution < 1.29 is 90.0 Å². The van der Waals surface area contributed by atoms with E-state index in [0.717, 1.165) is 87.9 Å². The maximum absolute atomic E-state index is 13.1. The molecule has 2 aromatic heterocycles. The zero-order valence-electron chi connectivity index (χ0n) is 39.1. The topological polar surface area (TPSA) is 390 Å². The molecule has 7 atom stereocenters. The molecular formula is C42H62N7O19P3. The quantitative estimate of drug-likeness (QED) is 0.0254. The van der Waals surface area contributed by atoms with E-state index in [-0.39, 0.29) is 59.7 Å². The van der Waals surface area contributed by atoms with Crippen LogP contribution in [-0.2, 0) is 73.1 Å². The first-order valence-corrected chi connectivity index (χ1v) is 27.5. The first kappa shape index (κ1) is 56.2. The minimum absolute atomic E-state index is 0.0276. The number of benzene rings is 1. The van der Waals surface area contributed by atoms with Crippen LogP contribution < -0.4 is 16.4 Å². The van der Waals surface area contributed by atoms with Gasteiger partial charge in [0.15, 0.2) is 17.7 Å². The number of carbonyl (C=O) groups excluding carboxylic acids is 4. The molecule has 0 spiro atoms. The Hall–Kier alpha value is -4.10. The molecule has 3 aromatic rings. The summed E-state index contributed by atoms with van der Waals surface area (Å²) in [5.74, 6) is -1.38. The number of aromatic nitrogens is 4. The van der Waals surface area contributed by atoms with Gasteiger partial charge in [-0.15, -0.1) is 0 Å². The largest absolute Gasteiger partial charge is 0.481 e. The molecular weight excluding hydrogens is 999 g/mol. The normalized spacial score (nSPS) is 22.5. The molecule has 71 heavy (non-hydrogen) atoms. The number of ether oxygens (including phenoxy) is 2.